The summed E-state index contributed by atoms with van der Waals surface area (Å²) in [7, 11) is 0. The average Bonchev–Trinajstić information content (AvgIpc) is 2.43. The van der Waals surface area contributed by atoms with Crippen LogP contribution in [0.2, 0.25) is 0 Å². The van der Waals surface area contributed by atoms with Crippen LogP contribution in [0.3, 0.4) is 0 Å². The van der Waals surface area contributed by atoms with Crippen LogP contribution in [0.4, 0.5) is 0 Å². The van der Waals surface area contributed by atoms with E-state index in [1.54, 1.807) is 24.3 Å². The van der Waals surface area contributed by atoms with Gasteiger partial charge in [-0.3, -0.25) is 0 Å². The maximum Gasteiger partial charge on any atom is 0.119 e. The second kappa shape index (κ2) is 6.25. The van der Waals surface area contributed by atoms with Gasteiger partial charge in [-0.15, -0.1) is 0 Å². The highest BCUT2D eigenvalue weighted by Crippen LogP contribution is 2.34. The van der Waals surface area contributed by atoms with Crippen molar-refractivity contribution in [1.29, 1.82) is 0 Å². The quantitative estimate of drug-likeness (QED) is 0.772. The number of hydrogen-bond acceptors (Lipinski definition) is 3. The first-order valence-corrected chi connectivity index (χ1v) is 6.40. The molecule has 0 aliphatic rings. The fourth-order valence-electron chi connectivity index (χ4n) is 2.29. The molecule has 1 unspecified atom stereocenters. The molecule has 0 aliphatic heterocycles. The van der Waals surface area contributed by atoms with Crippen molar-refractivity contribution >= 4 is 0 Å². The van der Waals surface area contributed by atoms with E-state index in [0.29, 0.717) is 6.42 Å². The maximum atomic E-state index is 9.98. The van der Waals surface area contributed by atoms with Crippen molar-refractivity contribution in [3.63, 3.8) is 0 Å². The summed E-state index contributed by atoms with van der Waals surface area (Å²) in [6, 6.07) is 14.2. The molecule has 2 aromatic rings. The lowest BCUT2D eigenvalue weighted by Gasteiger charge is -2.18. The summed E-state index contributed by atoms with van der Waals surface area (Å²) >= 11 is 0. The number of rotatable bonds is 5. The molecule has 0 aromatic heterocycles. The van der Waals surface area contributed by atoms with Crippen LogP contribution in [0.25, 0.3) is 0 Å². The molecular formula is C16H18O3. The Morgan fingerprint density at radius 3 is 2.21 bits per heavy atom. The molecule has 0 bridgehead atoms. The Morgan fingerprint density at radius 1 is 0.895 bits per heavy atom. The number of phenols is 2. The van der Waals surface area contributed by atoms with E-state index in [1.807, 2.05) is 24.3 Å². The molecule has 100 valence electrons. The highest BCUT2D eigenvalue weighted by Gasteiger charge is 2.16. The first-order chi connectivity index (χ1) is 9.22. The summed E-state index contributed by atoms with van der Waals surface area (Å²) in [6.45, 7) is 0.127. The Hall–Kier alpha value is -2.00. The Morgan fingerprint density at radius 2 is 1.58 bits per heavy atom. The molecule has 0 heterocycles. The van der Waals surface area contributed by atoms with E-state index in [4.69, 9.17) is 5.11 Å². The lowest BCUT2D eigenvalue weighted by Crippen LogP contribution is -2.02. The van der Waals surface area contributed by atoms with E-state index in [2.05, 4.69) is 0 Å². The number of hydrogen-bond donors (Lipinski definition) is 3. The normalized spacial score (nSPS) is 12.3. The van der Waals surface area contributed by atoms with Crippen molar-refractivity contribution in [3.05, 3.63) is 59.7 Å². The van der Waals surface area contributed by atoms with Crippen molar-refractivity contribution in [2.75, 3.05) is 6.61 Å². The van der Waals surface area contributed by atoms with Crippen LogP contribution in [0, 0.1) is 0 Å². The van der Waals surface area contributed by atoms with E-state index in [1.165, 1.54) is 0 Å². The lowest BCUT2D eigenvalue weighted by atomic mass is 9.87. The maximum absolute atomic E-state index is 9.98. The Labute approximate surface area is 112 Å². The minimum Gasteiger partial charge on any atom is -0.508 e. The predicted molar refractivity (Wildman–Crippen MR) is 74.4 cm³/mol. The highest BCUT2D eigenvalue weighted by molar-refractivity contribution is 5.42. The zero-order valence-corrected chi connectivity index (χ0v) is 10.7. The Bertz CT molecular complexity index is 520. The van der Waals surface area contributed by atoms with Gasteiger partial charge >= 0.3 is 0 Å². The molecule has 3 N–H and O–H groups in total. The van der Waals surface area contributed by atoms with Gasteiger partial charge in [-0.25, -0.2) is 0 Å². The van der Waals surface area contributed by atoms with Crippen LogP contribution in [-0.2, 0) is 0 Å². The van der Waals surface area contributed by atoms with Gasteiger partial charge in [0.1, 0.15) is 11.5 Å². The summed E-state index contributed by atoms with van der Waals surface area (Å²) in [5.74, 6) is 0.509. The number of aromatic hydroxyl groups is 2. The minimum atomic E-state index is 0.0222. The molecule has 3 heteroatoms. The molecule has 0 amide bonds. The van der Waals surface area contributed by atoms with Crippen LogP contribution in [0.1, 0.15) is 29.9 Å². The van der Waals surface area contributed by atoms with Crippen LogP contribution < -0.4 is 0 Å². The second-order valence-electron chi connectivity index (χ2n) is 4.57. The van der Waals surface area contributed by atoms with Gasteiger partial charge in [-0.1, -0.05) is 30.3 Å². The summed E-state index contributed by atoms with van der Waals surface area (Å²) in [4.78, 5) is 0. The molecule has 3 nitrogen and oxygen atoms in total. The van der Waals surface area contributed by atoms with Crippen LogP contribution in [-0.4, -0.2) is 21.9 Å². The number of para-hydroxylation sites is 1. The number of aliphatic hydroxyl groups excluding tert-OH is 1. The molecule has 0 aliphatic carbocycles. The molecule has 2 aromatic carbocycles. The molecule has 0 radical (unpaired) electrons. The zero-order chi connectivity index (χ0) is 13.7. The van der Waals surface area contributed by atoms with Crippen LogP contribution >= 0.6 is 0 Å². The smallest absolute Gasteiger partial charge is 0.119 e. The van der Waals surface area contributed by atoms with Gasteiger partial charge in [-0.05, 0) is 36.6 Å². The lowest BCUT2D eigenvalue weighted by molar-refractivity contribution is 0.281. The van der Waals surface area contributed by atoms with Gasteiger partial charge in [-0.2, -0.15) is 0 Å². The van der Waals surface area contributed by atoms with Crippen molar-refractivity contribution in [2.24, 2.45) is 0 Å². The number of aliphatic hydroxyl groups is 1. The van der Waals surface area contributed by atoms with Crippen LogP contribution in [0.15, 0.2) is 48.5 Å². The van der Waals surface area contributed by atoms with Crippen molar-refractivity contribution in [1.82, 2.24) is 0 Å². The zero-order valence-electron chi connectivity index (χ0n) is 10.7. The largest absolute Gasteiger partial charge is 0.508 e. The van der Waals surface area contributed by atoms with Crippen LogP contribution in [0.5, 0.6) is 11.5 Å². The molecule has 0 saturated heterocycles. The van der Waals surface area contributed by atoms with Crippen molar-refractivity contribution < 1.29 is 15.3 Å². The topological polar surface area (TPSA) is 60.7 Å². The Balaban J connectivity index is 2.35. The third-order valence-corrected chi connectivity index (χ3v) is 3.26. The standard InChI is InChI=1S/C16H18O3/c17-11-3-5-14(12-7-9-13(18)10-8-12)15-4-1-2-6-16(15)19/h1-2,4,6-10,14,17-19H,3,5,11H2. The summed E-state index contributed by atoms with van der Waals surface area (Å²) in [5.41, 5.74) is 1.87. The van der Waals surface area contributed by atoms with E-state index >= 15 is 0 Å². The third kappa shape index (κ3) is 3.26. The third-order valence-electron chi connectivity index (χ3n) is 3.26. The average molecular weight is 258 g/mol. The minimum absolute atomic E-state index is 0.0222. The summed E-state index contributed by atoms with van der Waals surface area (Å²) in [5, 5.41) is 28.4. The van der Waals surface area contributed by atoms with E-state index in [9.17, 15) is 10.2 Å². The molecule has 0 spiro atoms. The van der Waals surface area contributed by atoms with E-state index in [-0.39, 0.29) is 24.0 Å². The predicted octanol–water partition coefficient (Wildman–Crippen LogP) is 3.00. The molecule has 2 rings (SSSR count). The van der Waals surface area contributed by atoms with Gasteiger partial charge in [0.05, 0.1) is 0 Å². The van der Waals surface area contributed by atoms with Crippen molar-refractivity contribution in [3.8, 4) is 11.5 Å². The second-order valence-corrected chi connectivity index (χ2v) is 4.57. The first kappa shape index (κ1) is 13.4. The number of phenolic OH excluding ortho intramolecular Hbond substituents is 2. The molecule has 19 heavy (non-hydrogen) atoms. The van der Waals surface area contributed by atoms with Gasteiger partial charge in [0.2, 0.25) is 0 Å². The summed E-state index contributed by atoms with van der Waals surface area (Å²) in [6.07, 6.45) is 1.42. The van der Waals surface area contributed by atoms with Crippen molar-refractivity contribution in [2.45, 2.75) is 18.8 Å². The monoisotopic (exact) mass is 258 g/mol. The summed E-state index contributed by atoms with van der Waals surface area (Å²) < 4.78 is 0. The molecule has 0 saturated carbocycles. The molecule has 0 fully saturated rings. The van der Waals surface area contributed by atoms with Gasteiger partial charge in [0.15, 0.2) is 0 Å². The number of benzene rings is 2. The SMILES string of the molecule is OCCCC(c1ccc(O)cc1)c1ccccc1O. The fourth-order valence-corrected chi connectivity index (χ4v) is 2.29. The molecular weight excluding hydrogens is 240 g/mol. The van der Waals surface area contributed by atoms with Gasteiger partial charge < -0.3 is 15.3 Å². The first-order valence-electron chi connectivity index (χ1n) is 6.40. The van der Waals surface area contributed by atoms with E-state index in [0.717, 1.165) is 17.5 Å². The van der Waals surface area contributed by atoms with E-state index < -0.39 is 0 Å². The van der Waals surface area contributed by atoms with Gasteiger partial charge in [0.25, 0.3) is 0 Å². The highest BCUT2D eigenvalue weighted by atomic mass is 16.3. The Kier molecular flexibility index (Phi) is 4.42. The molecule has 1 atom stereocenters. The fraction of sp³-hybridized carbons (Fsp3) is 0.250. The van der Waals surface area contributed by atoms with Gasteiger partial charge in [0, 0.05) is 18.1 Å².